The summed E-state index contributed by atoms with van der Waals surface area (Å²) >= 11 is 0. The summed E-state index contributed by atoms with van der Waals surface area (Å²) in [5.41, 5.74) is 3.32. The molecule has 0 N–H and O–H groups in total. The normalized spacial score (nSPS) is 11.1. The van der Waals surface area contributed by atoms with Gasteiger partial charge >= 0.3 is 0 Å². The topological polar surface area (TPSA) is 20.3 Å². The molecule has 0 radical (unpaired) electrons. The van der Waals surface area contributed by atoms with E-state index in [1.807, 2.05) is 12.1 Å². The van der Waals surface area contributed by atoms with E-state index in [-0.39, 0.29) is 5.91 Å². The minimum atomic E-state index is 0.0937. The average molecular weight is 233 g/mol. The molecule has 0 aliphatic heterocycles. The number of amides is 1. The highest BCUT2D eigenvalue weighted by Gasteiger charge is 2.19. The summed E-state index contributed by atoms with van der Waals surface area (Å²) in [4.78, 5) is 13.8. The van der Waals surface area contributed by atoms with E-state index in [0.717, 1.165) is 5.56 Å². The summed E-state index contributed by atoms with van der Waals surface area (Å²) < 4.78 is 0. The molecular formula is C15H23NO. The summed E-state index contributed by atoms with van der Waals surface area (Å²) in [6.07, 6.45) is 0. The number of rotatable bonds is 3. The van der Waals surface area contributed by atoms with Gasteiger partial charge in [-0.3, -0.25) is 4.79 Å². The lowest BCUT2D eigenvalue weighted by atomic mass is 9.86. The lowest BCUT2D eigenvalue weighted by Crippen LogP contribution is -2.24. The van der Waals surface area contributed by atoms with Gasteiger partial charge in [-0.1, -0.05) is 39.8 Å². The highest BCUT2D eigenvalue weighted by atomic mass is 16.2. The molecule has 0 bridgehead atoms. The Bertz CT molecular complexity index is 405. The van der Waals surface area contributed by atoms with Gasteiger partial charge in [-0.25, -0.2) is 0 Å². The fourth-order valence-electron chi connectivity index (χ4n) is 2.16. The first-order chi connectivity index (χ1) is 7.86. The molecule has 0 heterocycles. The molecular weight excluding hydrogens is 210 g/mol. The van der Waals surface area contributed by atoms with Crippen LogP contribution in [0.1, 0.15) is 61.0 Å². The average Bonchev–Trinajstić information content (AvgIpc) is 2.26. The van der Waals surface area contributed by atoms with Crippen LogP contribution in [0.15, 0.2) is 18.2 Å². The van der Waals surface area contributed by atoms with Crippen LogP contribution in [0.5, 0.6) is 0 Å². The minimum absolute atomic E-state index is 0.0937. The minimum Gasteiger partial charge on any atom is -0.345 e. The van der Waals surface area contributed by atoms with Crippen molar-refractivity contribution in [1.29, 1.82) is 0 Å². The van der Waals surface area contributed by atoms with Gasteiger partial charge in [0.05, 0.1) is 0 Å². The molecule has 1 rings (SSSR count). The van der Waals surface area contributed by atoms with E-state index in [2.05, 4.69) is 33.8 Å². The molecule has 2 heteroatoms. The zero-order valence-corrected chi connectivity index (χ0v) is 11.7. The van der Waals surface area contributed by atoms with Crippen molar-refractivity contribution in [2.75, 3.05) is 14.1 Å². The summed E-state index contributed by atoms with van der Waals surface area (Å²) in [5, 5.41) is 0. The van der Waals surface area contributed by atoms with Gasteiger partial charge in [0.1, 0.15) is 0 Å². The second-order valence-corrected chi connectivity index (χ2v) is 5.32. The maximum atomic E-state index is 12.2. The Morgan fingerprint density at radius 1 is 1.06 bits per heavy atom. The van der Waals surface area contributed by atoms with Gasteiger partial charge in [0.2, 0.25) is 0 Å². The monoisotopic (exact) mass is 233 g/mol. The first-order valence-electron chi connectivity index (χ1n) is 6.20. The highest BCUT2D eigenvalue weighted by molar-refractivity contribution is 5.96. The van der Waals surface area contributed by atoms with Crippen LogP contribution in [0, 0.1) is 0 Å². The molecule has 0 saturated carbocycles. The van der Waals surface area contributed by atoms with Crippen LogP contribution >= 0.6 is 0 Å². The second-order valence-electron chi connectivity index (χ2n) is 5.32. The van der Waals surface area contributed by atoms with Crippen molar-refractivity contribution >= 4 is 5.91 Å². The van der Waals surface area contributed by atoms with E-state index < -0.39 is 0 Å². The maximum absolute atomic E-state index is 12.2. The van der Waals surface area contributed by atoms with Crippen LogP contribution in [0.25, 0.3) is 0 Å². The zero-order valence-electron chi connectivity index (χ0n) is 11.7. The third-order valence-electron chi connectivity index (χ3n) is 2.98. The van der Waals surface area contributed by atoms with Crippen molar-refractivity contribution in [2.45, 2.75) is 39.5 Å². The lowest BCUT2D eigenvalue weighted by Gasteiger charge is -2.21. The van der Waals surface area contributed by atoms with E-state index in [9.17, 15) is 4.79 Å². The highest BCUT2D eigenvalue weighted by Crippen LogP contribution is 2.29. The predicted molar refractivity (Wildman–Crippen MR) is 72.6 cm³/mol. The van der Waals surface area contributed by atoms with Gasteiger partial charge in [0, 0.05) is 19.7 Å². The van der Waals surface area contributed by atoms with Crippen molar-refractivity contribution in [3.05, 3.63) is 34.9 Å². The van der Waals surface area contributed by atoms with E-state index in [1.54, 1.807) is 19.0 Å². The first-order valence-corrected chi connectivity index (χ1v) is 6.20. The fourth-order valence-corrected chi connectivity index (χ4v) is 2.16. The van der Waals surface area contributed by atoms with Crippen LogP contribution in [-0.4, -0.2) is 24.9 Å². The fraction of sp³-hybridized carbons (Fsp3) is 0.533. The van der Waals surface area contributed by atoms with Crippen LogP contribution < -0.4 is 0 Å². The van der Waals surface area contributed by atoms with E-state index in [4.69, 9.17) is 0 Å². The third kappa shape index (κ3) is 2.87. The summed E-state index contributed by atoms with van der Waals surface area (Å²) in [6.45, 7) is 8.64. The summed E-state index contributed by atoms with van der Waals surface area (Å²) in [6, 6.07) is 6.05. The molecule has 94 valence electrons. The molecule has 1 aromatic carbocycles. The van der Waals surface area contributed by atoms with Gasteiger partial charge in [-0.2, -0.15) is 0 Å². The number of nitrogens with zero attached hydrogens (tertiary/aromatic N) is 1. The number of benzene rings is 1. The Labute approximate surface area is 105 Å². The number of hydrogen-bond donors (Lipinski definition) is 0. The molecule has 0 atom stereocenters. The largest absolute Gasteiger partial charge is 0.345 e. The molecule has 1 aromatic rings. The molecule has 17 heavy (non-hydrogen) atoms. The van der Waals surface area contributed by atoms with Gasteiger partial charge in [-0.05, 0) is 29.0 Å². The molecule has 0 aliphatic carbocycles. The van der Waals surface area contributed by atoms with Gasteiger partial charge < -0.3 is 4.90 Å². The number of carbonyl (C=O) groups excluding carboxylic acids is 1. The molecule has 0 fully saturated rings. The SMILES string of the molecule is CC(C)c1cccc(C(=O)N(C)C)c1C(C)C. The first kappa shape index (κ1) is 13.8. The number of hydrogen-bond acceptors (Lipinski definition) is 1. The van der Waals surface area contributed by atoms with Gasteiger partial charge in [0.25, 0.3) is 5.91 Å². The van der Waals surface area contributed by atoms with Gasteiger partial charge in [-0.15, -0.1) is 0 Å². The molecule has 0 unspecified atom stereocenters. The van der Waals surface area contributed by atoms with Crippen molar-refractivity contribution in [3.63, 3.8) is 0 Å². The number of carbonyl (C=O) groups is 1. The van der Waals surface area contributed by atoms with Crippen molar-refractivity contribution in [3.8, 4) is 0 Å². The molecule has 0 aliphatic rings. The zero-order chi connectivity index (χ0) is 13.2. The Kier molecular flexibility index (Phi) is 4.33. The molecule has 0 aromatic heterocycles. The summed E-state index contributed by atoms with van der Waals surface area (Å²) in [5.74, 6) is 0.908. The van der Waals surface area contributed by atoms with Gasteiger partial charge in [0.15, 0.2) is 0 Å². The third-order valence-corrected chi connectivity index (χ3v) is 2.98. The van der Waals surface area contributed by atoms with E-state index >= 15 is 0 Å². The summed E-state index contributed by atoms with van der Waals surface area (Å²) in [7, 11) is 3.60. The van der Waals surface area contributed by atoms with E-state index in [0.29, 0.717) is 11.8 Å². The Morgan fingerprint density at radius 2 is 1.65 bits per heavy atom. The lowest BCUT2D eigenvalue weighted by molar-refractivity contribution is 0.0826. The Hall–Kier alpha value is -1.31. The quantitative estimate of drug-likeness (QED) is 0.780. The smallest absolute Gasteiger partial charge is 0.253 e. The van der Waals surface area contributed by atoms with Crippen molar-refractivity contribution < 1.29 is 4.79 Å². The maximum Gasteiger partial charge on any atom is 0.253 e. The molecule has 0 saturated heterocycles. The van der Waals surface area contributed by atoms with Crippen LogP contribution in [0.2, 0.25) is 0 Å². The predicted octanol–water partition coefficient (Wildman–Crippen LogP) is 3.64. The molecule has 2 nitrogen and oxygen atoms in total. The van der Waals surface area contributed by atoms with Crippen LogP contribution in [-0.2, 0) is 0 Å². The standard InChI is InChI=1S/C15H23NO/c1-10(2)12-8-7-9-13(14(12)11(3)4)15(17)16(5)6/h7-11H,1-6H3. The Morgan fingerprint density at radius 3 is 2.06 bits per heavy atom. The van der Waals surface area contributed by atoms with Crippen LogP contribution in [0.4, 0.5) is 0 Å². The Balaban J connectivity index is 3.40. The molecule has 1 amide bonds. The van der Waals surface area contributed by atoms with Crippen LogP contribution in [0.3, 0.4) is 0 Å². The van der Waals surface area contributed by atoms with Crippen molar-refractivity contribution in [1.82, 2.24) is 4.90 Å². The van der Waals surface area contributed by atoms with E-state index in [1.165, 1.54) is 11.1 Å². The second kappa shape index (κ2) is 5.35. The molecule has 0 spiro atoms. The van der Waals surface area contributed by atoms with Crippen molar-refractivity contribution in [2.24, 2.45) is 0 Å².